The van der Waals surface area contributed by atoms with E-state index in [0.29, 0.717) is 0 Å². The molecule has 0 atom stereocenters. The van der Waals surface area contributed by atoms with Gasteiger partial charge in [-0.25, -0.2) is 12.1 Å². The van der Waals surface area contributed by atoms with Gasteiger partial charge in [-0.05, 0) is 0 Å². The van der Waals surface area contributed by atoms with Crippen molar-refractivity contribution in [1.29, 1.82) is 0 Å². The van der Waals surface area contributed by atoms with Crippen molar-refractivity contribution in [3.8, 4) is 0 Å². The second-order valence-corrected chi connectivity index (χ2v) is 0.962. The number of hydrogen-bond donors (Lipinski definition) is 2. The van der Waals surface area contributed by atoms with E-state index in [-0.39, 0.29) is 0 Å². The van der Waals surface area contributed by atoms with Gasteiger partial charge in [-0.3, -0.25) is 0 Å². The standard InChI is InChI=1S/C5H5.2CH4O.O.V/c1-2-4-5-3-1;2*1-2;;/h1-5H;2*2H,1H3;;/q-1;;;;. The summed E-state index contributed by atoms with van der Waals surface area (Å²) in [6.07, 6.45) is 0. The van der Waals surface area contributed by atoms with Gasteiger partial charge in [0.15, 0.2) is 0 Å². The molecular formula is C7H13O3V-. The van der Waals surface area contributed by atoms with Crippen LogP contribution in [0.3, 0.4) is 0 Å². The molecule has 1 aromatic carbocycles. The zero-order chi connectivity index (χ0) is 9.54. The molecule has 65 valence electrons. The Bertz CT molecular complexity index is 80.6. The van der Waals surface area contributed by atoms with Crippen LogP contribution in [0.2, 0.25) is 0 Å². The molecule has 0 amide bonds. The summed E-state index contributed by atoms with van der Waals surface area (Å²) in [5.74, 6) is 0. The van der Waals surface area contributed by atoms with Crippen molar-refractivity contribution in [3.05, 3.63) is 30.3 Å². The Morgan fingerprint density at radius 1 is 1.00 bits per heavy atom. The van der Waals surface area contributed by atoms with Crippen LogP contribution in [0.5, 0.6) is 0 Å². The fraction of sp³-hybridized carbons (Fsp3) is 0.286. The first-order chi connectivity index (χ1) is 5.50. The maximum atomic E-state index is 8.19. The second-order valence-electron chi connectivity index (χ2n) is 0.962. The number of hydrogen-bond acceptors (Lipinski definition) is 3. The minimum atomic E-state index is 1.00. The van der Waals surface area contributed by atoms with Crippen molar-refractivity contribution in [3.63, 3.8) is 0 Å². The smallest absolute Gasteiger partial charge is 0.172 e. The van der Waals surface area contributed by atoms with Gasteiger partial charge in [-0.1, -0.05) is 0 Å². The van der Waals surface area contributed by atoms with Crippen LogP contribution in [0.4, 0.5) is 0 Å². The van der Waals surface area contributed by atoms with E-state index in [0.717, 1.165) is 31.6 Å². The summed E-state index contributed by atoms with van der Waals surface area (Å²) in [6, 6.07) is 10.0. The third-order valence-electron chi connectivity index (χ3n) is 0.556. The molecule has 0 radical (unpaired) electrons. The van der Waals surface area contributed by atoms with Gasteiger partial charge in [0, 0.05) is 14.2 Å². The SMILES string of the molecule is CO.CO.[O]=[V].c1cc[cH-]c1. The minimum absolute atomic E-state index is 1.00. The van der Waals surface area contributed by atoms with Crippen LogP contribution in [0, 0.1) is 0 Å². The molecule has 0 saturated carbocycles. The quantitative estimate of drug-likeness (QED) is 0.594. The van der Waals surface area contributed by atoms with E-state index in [1.807, 2.05) is 30.3 Å². The molecule has 0 aromatic heterocycles. The van der Waals surface area contributed by atoms with Gasteiger partial charge in [0.1, 0.15) is 0 Å². The zero-order valence-corrected chi connectivity index (χ0v) is 8.03. The average Bonchev–Trinajstić information content (AvgIpc) is 2.71. The first kappa shape index (κ1) is 16.9. The van der Waals surface area contributed by atoms with Crippen molar-refractivity contribution in [2.45, 2.75) is 0 Å². The molecule has 0 spiro atoms. The average molecular weight is 196 g/mol. The Morgan fingerprint density at radius 2 is 1.27 bits per heavy atom. The maximum absolute atomic E-state index is 8.19. The van der Waals surface area contributed by atoms with Gasteiger partial charge in [0.05, 0.1) is 0 Å². The Kier molecular flexibility index (Phi) is 51.4. The molecule has 0 fully saturated rings. The molecule has 1 aromatic rings. The summed E-state index contributed by atoms with van der Waals surface area (Å²) in [5, 5.41) is 14.0. The zero-order valence-electron chi connectivity index (χ0n) is 6.64. The van der Waals surface area contributed by atoms with Gasteiger partial charge >= 0.3 is 21.0 Å². The molecule has 0 aliphatic carbocycles. The molecule has 3 nitrogen and oxygen atoms in total. The molecule has 2 N–H and O–H groups in total. The van der Waals surface area contributed by atoms with E-state index in [9.17, 15) is 0 Å². The van der Waals surface area contributed by atoms with Crippen molar-refractivity contribution in [1.82, 2.24) is 0 Å². The fourth-order valence-corrected chi connectivity index (χ4v) is 0.321. The number of rotatable bonds is 0. The Balaban J connectivity index is -0.0000000933. The second kappa shape index (κ2) is 33.4. The van der Waals surface area contributed by atoms with Crippen LogP contribution in [-0.4, -0.2) is 24.4 Å². The molecule has 0 saturated heterocycles. The van der Waals surface area contributed by atoms with Crippen LogP contribution >= 0.6 is 0 Å². The topological polar surface area (TPSA) is 57.5 Å². The normalized spacial score (nSPS) is 5.00. The molecule has 0 heterocycles. The first-order valence-electron chi connectivity index (χ1n) is 2.74. The summed E-state index contributed by atoms with van der Waals surface area (Å²) in [6.45, 7) is 0. The first-order valence-corrected chi connectivity index (χ1v) is 3.31. The molecule has 0 bridgehead atoms. The predicted octanol–water partition coefficient (Wildman–Crippen LogP) is 0.501. The Hall–Kier alpha value is -0.346. The van der Waals surface area contributed by atoms with E-state index in [2.05, 4.69) is 0 Å². The predicted molar refractivity (Wildman–Crippen MR) is 39.0 cm³/mol. The van der Waals surface area contributed by atoms with E-state index < -0.39 is 0 Å². The van der Waals surface area contributed by atoms with E-state index in [4.69, 9.17) is 13.9 Å². The molecule has 4 heteroatoms. The van der Waals surface area contributed by atoms with Crippen LogP contribution in [0.1, 0.15) is 0 Å². The van der Waals surface area contributed by atoms with Crippen molar-refractivity contribution in [2.24, 2.45) is 0 Å². The van der Waals surface area contributed by atoms with Crippen LogP contribution < -0.4 is 0 Å². The molecular weight excluding hydrogens is 183 g/mol. The number of aliphatic hydroxyl groups is 2. The third-order valence-corrected chi connectivity index (χ3v) is 0.556. The van der Waals surface area contributed by atoms with E-state index in [1.165, 1.54) is 0 Å². The van der Waals surface area contributed by atoms with Crippen LogP contribution in [0.15, 0.2) is 30.3 Å². The van der Waals surface area contributed by atoms with Crippen molar-refractivity contribution >= 4 is 0 Å². The van der Waals surface area contributed by atoms with Gasteiger partial charge in [-0.15, -0.1) is 0 Å². The Morgan fingerprint density at radius 3 is 1.36 bits per heavy atom. The minimum Gasteiger partial charge on any atom is -0.214 e. The summed E-state index contributed by atoms with van der Waals surface area (Å²) in [4.78, 5) is 0. The Labute approximate surface area is 76.3 Å². The van der Waals surface area contributed by atoms with Gasteiger partial charge in [-0.2, -0.15) is 18.2 Å². The molecule has 11 heavy (non-hydrogen) atoms. The van der Waals surface area contributed by atoms with E-state index in [1.54, 1.807) is 0 Å². The van der Waals surface area contributed by atoms with Crippen LogP contribution in [0.25, 0.3) is 0 Å². The fourth-order valence-electron chi connectivity index (χ4n) is 0.321. The number of aliphatic hydroxyl groups excluding tert-OH is 2. The van der Waals surface area contributed by atoms with Gasteiger partial charge < -0.3 is 10.2 Å². The summed E-state index contributed by atoms with van der Waals surface area (Å²) < 4.78 is 8.19. The summed E-state index contributed by atoms with van der Waals surface area (Å²) in [5.41, 5.74) is 0. The molecule has 1 rings (SSSR count). The van der Waals surface area contributed by atoms with Crippen LogP contribution in [-0.2, 0) is 21.0 Å². The summed E-state index contributed by atoms with van der Waals surface area (Å²) >= 11 is 1.06. The molecule has 0 aliphatic rings. The van der Waals surface area contributed by atoms with Crippen molar-refractivity contribution in [2.75, 3.05) is 14.2 Å². The van der Waals surface area contributed by atoms with E-state index >= 15 is 0 Å². The van der Waals surface area contributed by atoms with Gasteiger partial charge in [0.25, 0.3) is 0 Å². The maximum Gasteiger partial charge on any atom is -0.172 e. The molecule has 0 aliphatic heterocycles. The monoisotopic (exact) mass is 196 g/mol. The molecule has 0 unspecified atom stereocenters. The van der Waals surface area contributed by atoms with Gasteiger partial charge in [0.2, 0.25) is 0 Å². The largest absolute Gasteiger partial charge is 0.214 e. The summed E-state index contributed by atoms with van der Waals surface area (Å²) in [7, 11) is 2.00. The van der Waals surface area contributed by atoms with Crippen molar-refractivity contribution < 1.29 is 31.3 Å². The third kappa shape index (κ3) is 26.1.